The van der Waals surface area contributed by atoms with Crippen molar-refractivity contribution in [2.45, 2.75) is 11.8 Å². The molecule has 4 nitrogen and oxygen atoms in total. The van der Waals surface area contributed by atoms with Crippen molar-refractivity contribution in [1.82, 2.24) is 0 Å². The standard InChI is InChI=1S/C14H9BrF2N2O2S/c1-8-2-4-10(5-3-8)22(20,21)19-14-11(16)6-9(7-18)13(17)12(14)15/h2-6,19H,1H3. The highest BCUT2D eigenvalue weighted by atomic mass is 79.9. The summed E-state index contributed by atoms with van der Waals surface area (Å²) in [4.78, 5) is -0.0887. The van der Waals surface area contributed by atoms with Gasteiger partial charge in [-0.1, -0.05) is 17.7 Å². The van der Waals surface area contributed by atoms with E-state index in [1.54, 1.807) is 19.1 Å². The molecule has 2 aromatic rings. The van der Waals surface area contributed by atoms with Gasteiger partial charge in [-0.2, -0.15) is 5.26 Å². The van der Waals surface area contributed by atoms with Crippen molar-refractivity contribution in [3.05, 3.63) is 57.6 Å². The number of hydrogen-bond donors (Lipinski definition) is 1. The Hall–Kier alpha value is -1.98. The van der Waals surface area contributed by atoms with Crippen LogP contribution in [-0.2, 0) is 10.0 Å². The van der Waals surface area contributed by atoms with Crippen molar-refractivity contribution in [2.75, 3.05) is 4.72 Å². The van der Waals surface area contributed by atoms with Crippen LogP contribution in [-0.4, -0.2) is 8.42 Å². The van der Waals surface area contributed by atoms with Gasteiger partial charge in [-0.05, 0) is 41.1 Å². The minimum Gasteiger partial charge on any atom is -0.275 e. The summed E-state index contributed by atoms with van der Waals surface area (Å²) in [6.45, 7) is 1.79. The van der Waals surface area contributed by atoms with Crippen LogP contribution in [0.5, 0.6) is 0 Å². The van der Waals surface area contributed by atoms with Gasteiger partial charge in [0.2, 0.25) is 0 Å². The van der Waals surface area contributed by atoms with E-state index >= 15 is 0 Å². The Balaban J connectivity index is 2.49. The molecule has 0 spiro atoms. The summed E-state index contributed by atoms with van der Waals surface area (Å²) in [7, 11) is -4.08. The van der Waals surface area contributed by atoms with E-state index in [-0.39, 0.29) is 4.90 Å². The third-order valence-corrected chi connectivity index (χ3v) is 4.96. The Labute approximate surface area is 134 Å². The average molecular weight is 387 g/mol. The van der Waals surface area contributed by atoms with Crippen LogP contribution >= 0.6 is 15.9 Å². The second-order valence-corrected chi connectivity index (χ2v) is 6.91. The molecule has 0 aliphatic heterocycles. The second-order valence-electron chi connectivity index (χ2n) is 4.44. The number of sulfonamides is 1. The maximum absolute atomic E-state index is 13.9. The monoisotopic (exact) mass is 386 g/mol. The molecule has 0 heterocycles. The highest BCUT2D eigenvalue weighted by molar-refractivity contribution is 9.10. The topological polar surface area (TPSA) is 70.0 Å². The molecule has 0 saturated heterocycles. The van der Waals surface area contributed by atoms with E-state index in [0.29, 0.717) is 6.07 Å². The molecule has 0 unspecified atom stereocenters. The molecule has 0 radical (unpaired) electrons. The first kappa shape index (κ1) is 16.4. The van der Waals surface area contributed by atoms with Crippen molar-refractivity contribution >= 4 is 31.6 Å². The number of aryl methyl sites for hydroxylation is 1. The summed E-state index contributed by atoms with van der Waals surface area (Å²) in [5, 5.41) is 8.68. The van der Waals surface area contributed by atoms with E-state index < -0.39 is 37.4 Å². The number of halogens is 3. The fourth-order valence-corrected chi connectivity index (χ4v) is 3.39. The SMILES string of the molecule is Cc1ccc(S(=O)(=O)Nc2c(F)cc(C#N)c(F)c2Br)cc1. The Morgan fingerprint density at radius 3 is 2.36 bits per heavy atom. The first-order chi connectivity index (χ1) is 10.3. The predicted octanol–water partition coefficient (Wildman–Crippen LogP) is 3.71. The minimum atomic E-state index is -4.08. The molecular formula is C14H9BrF2N2O2S. The molecule has 0 saturated carbocycles. The number of nitrogens with one attached hydrogen (secondary N) is 1. The van der Waals surface area contributed by atoms with Crippen molar-refractivity contribution in [1.29, 1.82) is 5.26 Å². The van der Waals surface area contributed by atoms with Gasteiger partial charge >= 0.3 is 0 Å². The Morgan fingerprint density at radius 2 is 1.82 bits per heavy atom. The van der Waals surface area contributed by atoms with Crippen molar-refractivity contribution in [3.63, 3.8) is 0 Å². The summed E-state index contributed by atoms with van der Waals surface area (Å²) in [5.74, 6) is -2.09. The first-order valence-corrected chi connectivity index (χ1v) is 8.21. The summed E-state index contributed by atoms with van der Waals surface area (Å²) < 4.78 is 53.6. The van der Waals surface area contributed by atoms with E-state index in [9.17, 15) is 17.2 Å². The van der Waals surface area contributed by atoms with Crippen molar-refractivity contribution in [3.8, 4) is 6.07 Å². The van der Waals surface area contributed by atoms with E-state index in [0.717, 1.165) is 5.56 Å². The van der Waals surface area contributed by atoms with Crippen LogP contribution < -0.4 is 4.72 Å². The molecule has 0 aromatic heterocycles. The third kappa shape index (κ3) is 3.10. The van der Waals surface area contributed by atoms with Crippen LogP contribution in [0, 0.1) is 29.9 Å². The summed E-state index contributed by atoms with van der Waals surface area (Å²) in [6.07, 6.45) is 0. The maximum atomic E-state index is 13.9. The van der Waals surface area contributed by atoms with Gasteiger partial charge in [0.25, 0.3) is 10.0 Å². The average Bonchev–Trinajstić information content (AvgIpc) is 2.48. The van der Waals surface area contributed by atoms with Crippen LogP contribution in [0.1, 0.15) is 11.1 Å². The molecule has 2 rings (SSSR count). The minimum absolute atomic E-state index is 0.0887. The van der Waals surface area contributed by atoms with Gasteiger partial charge in [0.15, 0.2) is 5.82 Å². The molecule has 114 valence electrons. The zero-order chi connectivity index (χ0) is 16.5. The van der Waals surface area contributed by atoms with E-state index in [2.05, 4.69) is 15.9 Å². The van der Waals surface area contributed by atoms with Gasteiger partial charge in [0.05, 0.1) is 14.9 Å². The molecule has 22 heavy (non-hydrogen) atoms. The van der Waals surface area contributed by atoms with Gasteiger partial charge in [-0.15, -0.1) is 0 Å². The Bertz CT molecular complexity index is 875. The van der Waals surface area contributed by atoms with Crippen molar-refractivity contribution in [2.24, 2.45) is 0 Å². The number of hydrogen-bond acceptors (Lipinski definition) is 3. The summed E-state index contributed by atoms with van der Waals surface area (Å²) >= 11 is 2.77. The Kier molecular flexibility index (Phi) is 4.49. The Morgan fingerprint density at radius 1 is 1.23 bits per heavy atom. The van der Waals surface area contributed by atoms with Crippen LogP contribution in [0.15, 0.2) is 39.7 Å². The molecule has 2 aromatic carbocycles. The fraction of sp³-hybridized carbons (Fsp3) is 0.0714. The molecule has 8 heteroatoms. The molecular weight excluding hydrogens is 378 g/mol. The predicted molar refractivity (Wildman–Crippen MR) is 80.8 cm³/mol. The second kappa shape index (κ2) is 6.02. The lowest BCUT2D eigenvalue weighted by Crippen LogP contribution is -2.15. The molecule has 0 aliphatic carbocycles. The molecule has 1 N–H and O–H groups in total. The number of rotatable bonds is 3. The lowest BCUT2D eigenvalue weighted by atomic mass is 10.2. The first-order valence-electron chi connectivity index (χ1n) is 5.93. The number of benzene rings is 2. The van der Waals surface area contributed by atoms with Crippen LogP contribution in [0.25, 0.3) is 0 Å². The van der Waals surface area contributed by atoms with Gasteiger partial charge in [-0.25, -0.2) is 17.2 Å². The van der Waals surface area contributed by atoms with Gasteiger partial charge in [0.1, 0.15) is 17.6 Å². The lowest BCUT2D eigenvalue weighted by Gasteiger charge is -2.12. The fourth-order valence-electron chi connectivity index (χ4n) is 1.68. The van der Waals surface area contributed by atoms with Crippen molar-refractivity contribution < 1.29 is 17.2 Å². The molecule has 0 amide bonds. The van der Waals surface area contributed by atoms with Crippen LogP contribution in [0.2, 0.25) is 0 Å². The smallest absolute Gasteiger partial charge is 0.262 e. The number of anilines is 1. The quantitative estimate of drug-likeness (QED) is 0.817. The third-order valence-electron chi connectivity index (χ3n) is 2.85. The highest BCUT2D eigenvalue weighted by Crippen LogP contribution is 2.32. The largest absolute Gasteiger partial charge is 0.275 e. The maximum Gasteiger partial charge on any atom is 0.262 e. The summed E-state index contributed by atoms with van der Waals surface area (Å²) in [5.41, 5.74) is -0.254. The highest BCUT2D eigenvalue weighted by Gasteiger charge is 2.22. The van der Waals surface area contributed by atoms with Crippen LogP contribution in [0.3, 0.4) is 0 Å². The van der Waals surface area contributed by atoms with E-state index in [1.165, 1.54) is 18.2 Å². The normalized spacial score (nSPS) is 11.0. The van der Waals surface area contributed by atoms with E-state index in [4.69, 9.17) is 5.26 Å². The molecule has 0 atom stereocenters. The molecule has 0 fully saturated rings. The zero-order valence-corrected chi connectivity index (χ0v) is 13.6. The molecule has 0 bridgehead atoms. The van der Waals surface area contributed by atoms with Gasteiger partial charge in [-0.3, -0.25) is 4.72 Å². The zero-order valence-electron chi connectivity index (χ0n) is 11.2. The van der Waals surface area contributed by atoms with Crippen LogP contribution in [0.4, 0.5) is 14.5 Å². The number of nitriles is 1. The van der Waals surface area contributed by atoms with Gasteiger partial charge in [0, 0.05) is 0 Å². The van der Waals surface area contributed by atoms with Gasteiger partial charge < -0.3 is 0 Å². The lowest BCUT2D eigenvalue weighted by molar-refractivity contribution is 0.589. The van der Waals surface area contributed by atoms with E-state index in [1.807, 2.05) is 4.72 Å². The number of nitrogens with zero attached hydrogens (tertiary/aromatic N) is 1. The summed E-state index contributed by atoms with van der Waals surface area (Å²) in [6, 6.07) is 7.98. The molecule has 0 aliphatic rings.